The molecule has 1 aliphatic carbocycles. The van der Waals surface area contributed by atoms with Crippen LogP contribution in [0, 0.1) is 0 Å². The molecular formula is C23H26ClN3O2S. The van der Waals surface area contributed by atoms with Crippen LogP contribution in [-0.4, -0.2) is 46.9 Å². The molecular weight excluding hydrogens is 418 g/mol. The number of imidazole rings is 1. The summed E-state index contributed by atoms with van der Waals surface area (Å²) < 4.78 is 7.36. The molecule has 30 heavy (non-hydrogen) atoms. The smallest absolute Gasteiger partial charge is 0.233 e. The molecule has 1 atom stereocenters. The van der Waals surface area contributed by atoms with Crippen LogP contribution in [0.4, 0.5) is 0 Å². The van der Waals surface area contributed by atoms with E-state index in [1.807, 2.05) is 30.1 Å². The third-order valence-corrected chi connectivity index (χ3v) is 6.91. The first-order chi connectivity index (χ1) is 14.6. The Labute approximate surface area is 186 Å². The molecule has 1 heterocycles. The van der Waals surface area contributed by atoms with Gasteiger partial charge in [-0.15, -0.1) is 0 Å². The number of methoxy groups -OCH3 is 1. The van der Waals surface area contributed by atoms with Gasteiger partial charge in [0.2, 0.25) is 5.91 Å². The number of hydrogen-bond donors (Lipinski definition) is 0. The van der Waals surface area contributed by atoms with E-state index in [2.05, 4.69) is 28.8 Å². The van der Waals surface area contributed by atoms with Crippen LogP contribution in [0.5, 0.6) is 0 Å². The molecule has 1 aromatic heterocycles. The topological polar surface area (TPSA) is 47.4 Å². The summed E-state index contributed by atoms with van der Waals surface area (Å²) in [5.74, 6) is 0.462. The van der Waals surface area contributed by atoms with Gasteiger partial charge < -0.3 is 14.2 Å². The predicted molar refractivity (Wildman–Crippen MR) is 122 cm³/mol. The Morgan fingerprint density at radius 3 is 3.00 bits per heavy atom. The van der Waals surface area contributed by atoms with E-state index in [1.54, 1.807) is 7.11 Å². The molecule has 0 aliphatic heterocycles. The number of aryl methyl sites for hydroxylation is 1. The molecule has 158 valence electrons. The first-order valence-electron chi connectivity index (χ1n) is 10.2. The lowest BCUT2D eigenvalue weighted by atomic mass is 9.87. The van der Waals surface area contributed by atoms with E-state index in [9.17, 15) is 4.79 Å². The highest BCUT2D eigenvalue weighted by Gasteiger charge is 2.26. The number of carbonyl (C=O) groups excluding carboxylic acids is 1. The standard InChI is InChI=1S/C23H26ClN3O2S/c1-26(20-9-5-7-16-6-3-4-8-18(16)20)22(28)15-30-23-25-19-14-17(24)10-11-21(19)27(23)12-13-29-2/h3-4,6,8,10-11,14,20H,5,7,9,12-13,15H2,1-2H3. The summed E-state index contributed by atoms with van der Waals surface area (Å²) in [6.45, 7) is 1.26. The zero-order valence-electron chi connectivity index (χ0n) is 17.3. The number of carbonyl (C=O) groups is 1. The largest absolute Gasteiger partial charge is 0.383 e. The Kier molecular flexibility index (Phi) is 6.66. The van der Waals surface area contributed by atoms with Crippen LogP contribution >= 0.6 is 23.4 Å². The Morgan fingerprint density at radius 1 is 1.33 bits per heavy atom. The fraction of sp³-hybridized carbons (Fsp3) is 0.391. The lowest BCUT2D eigenvalue weighted by Crippen LogP contribution is -2.34. The lowest BCUT2D eigenvalue weighted by molar-refractivity contribution is -0.129. The van der Waals surface area contributed by atoms with Crippen molar-refractivity contribution in [2.75, 3.05) is 26.5 Å². The van der Waals surface area contributed by atoms with E-state index in [0.717, 1.165) is 35.5 Å². The number of thioether (sulfide) groups is 1. The zero-order chi connectivity index (χ0) is 21.1. The van der Waals surface area contributed by atoms with Crippen molar-refractivity contribution in [2.24, 2.45) is 0 Å². The van der Waals surface area contributed by atoms with E-state index >= 15 is 0 Å². The number of aromatic nitrogens is 2. The number of nitrogens with zero attached hydrogens (tertiary/aromatic N) is 3. The van der Waals surface area contributed by atoms with Gasteiger partial charge in [-0.05, 0) is 48.6 Å². The van der Waals surface area contributed by atoms with E-state index in [1.165, 1.54) is 22.9 Å². The highest BCUT2D eigenvalue weighted by molar-refractivity contribution is 7.99. The molecule has 7 heteroatoms. The molecule has 0 N–H and O–H groups in total. The van der Waals surface area contributed by atoms with Crippen LogP contribution in [0.2, 0.25) is 5.02 Å². The van der Waals surface area contributed by atoms with E-state index in [-0.39, 0.29) is 11.9 Å². The minimum atomic E-state index is 0.116. The van der Waals surface area contributed by atoms with Crippen molar-refractivity contribution in [2.45, 2.75) is 37.0 Å². The Morgan fingerprint density at radius 2 is 2.17 bits per heavy atom. The second kappa shape index (κ2) is 9.41. The van der Waals surface area contributed by atoms with Crippen LogP contribution in [0.15, 0.2) is 47.6 Å². The van der Waals surface area contributed by atoms with Gasteiger partial charge in [-0.2, -0.15) is 0 Å². The van der Waals surface area contributed by atoms with E-state index in [0.29, 0.717) is 23.9 Å². The van der Waals surface area contributed by atoms with E-state index < -0.39 is 0 Å². The molecule has 4 rings (SSSR count). The summed E-state index contributed by atoms with van der Waals surface area (Å²) in [5.41, 5.74) is 4.48. The summed E-state index contributed by atoms with van der Waals surface area (Å²) in [6, 6.07) is 14.3. The number of rotatable bonds is 7. The minimum absolute atomic E-state index is 0.116. The summed E-state index contributed by atoms with van der Waals surface area (Å²) in [6.07, 6.45) is 3.21. The van der Waals surface area contributed by atoms with Crippen LogP contribution in [0.1, 0.15) is 30.0 Å². The maximum absolute atomic E-state index is 13.0. The third kappa shape index (κ3) is 4.36. The first-order valence-corrected chi connectivity index (χ1v) is 11.6. The Balaban J connectivity index is 1.50. The highest BCUT2D eigenvalue weighted by atomic mass is 35.5. The van der Waals surface area contributed by atoms with Crippen LogP contribution in [0.3, 0.4) is 0 Å². The monoisotopic (exact) mass is 443 g/mol. The molecule has 1 aliphatic rings. The van der Waals surface area contributed by atoms with Crippen LogP contribution in [0.25, 0.3) is 11.0 Å². The van der Waals surface area contributed by atoms with Crippen molar-refractivity contribution in [3.63, 3.8) is 0 Å². The van der Waals surface area contributed by atoms with Crippen molar-refractivity contribution < 1.29 is 9.53 Å². The van der Waals surface area contributed by atoms with Gasteiger partial charge in [0.05, 0.1) is 29.4 Å². The maximum atomic E-state index is 13.0. The molecule has 0 bridgehead atoms. The predicted octanol–water partition coefficient (Wildman–Crippen LogP) is 4.96. The molecule has 0 saturated carbocycles. The SMILES string of the molecule is COCCn1c(SCC(=O)N(C)C2CCCc3ccccc32)nc2cc(Cl)ccc21. The summed E-state index contributed by atoms with van der Waals surface area (Å²) in [4.78, 5) is 19.7. The average molecular weight is 444 g/mol. The number of ether oxygens (including phenoxy) is 1. The van der Waals surface area contributed by atoms with Gasteiger partial charge in [0.25, 0.3) is 0 Å². The van der Waals surface area contributed by atoms with Gasteiger partial charge in [0, 0.05) is 25.7 Å². The maximum Gasteiger partial charge on any atom is 0.233 e. The fourth-order valence-corrected chi connectivity index (χ4v) is 5.25. The number of amides is 1. The average Bonchev–Trinajstić information content (AvgIpc) is 3.11. The summed E-state index contributed by atoms with van der Waals surface area (Å²) in [5, 5.41) is 1.47. The van der Waals surface area contributed by atoms with Gasteiger partial charge in [-0.25, -0.2) is 4.98 Å². The molecule has 0 radical (unpaired) electrons. The van der Waals surface area contributed by atoms with Crippen molar-refractivity contribution in [1.82, 2.24) is 14.5 Å². The van der Waals surface area contributed by atoms with Crippen LogP contribution < -0.4 is 0 Å². The van der Waals surface area contributed by atoms with Crippen LogP contribution in [-0.2, 0) is 22.5 Å². The number of halogens is 1. The van der Waals surface area contributed by atoms with Gasteiger partial charge in [0.15, 0.2) is 5.16 Å². The molecule has 1 amide bonds. The summed E-state index contributed by atoms with van der Waals surface area (Å²) in [7, 11) is 3.60. The molecule has 0 spiro atoms. The van der Waals surface area contributed by atoms with Crippen molar-refractivity contribution >= 4 is 40.3 Å². The number of benzene rings is 2. The minimum Gasteiger partial charge on any atom is -0.383 e. The number of fused-ring (bicyclic) bond motifs is 2. The van der Waals surface area contributed by atoms with Crippen molar-refractivity contribution in [3.8, 4) is 0 Å². The molecule has 0 saturated heterocycles. The molecule has 5 nitrogen and oxygen atoms in total. The van der Waals surface area contributed by atoms with Crippen molar-refractivity contribution in [1.29, 1.82) is 0 Å². The number of hydrogen-bond acceptors (Lipinski definition) is 4. The lowest BCUT2D eigenvalue weighted by Gasteiger charge is -2.33. The molecule has 3 aromatic rings. The molecule has 2 aromatic carbocycles. The van der Waals surface area contributed by atoms with Crippen molar-refractivity contribution in [3.05, 3.63) is 58.6 Å². The van der Waals surface area contributed by atoms with Gasteiger partial charge in [0.1, 0.15) is 0 Å². The summed E-state index contributed by atoms with van der Waals surface area (Å²) >= 11 is 7.61. The van der Waals surface area contributed by atoms with Gasteiger partial charge >= 0.3 is 0 Å². The zero-order valence-corrected chi connectivity index (χ0v) is 18.9. The highest BCUT2D eigenvalue weighted by Crippen LogP contribution is 2.34. The Bertz CT molecular complexity index is 1050. The quantitative estimate of drug-likeness (QED) is 0.484. The second-order valence-electron chi connectivity index (χ2n) is 7.57. The van der Waals surface area contributed by atoms with Gasteiger partial charge in [-0.1, -0.05) is 47.6 Å². The third-order valence-electron chi connectivity index (χ3n) is 5.72. The molecule has 1 unspecified atom stereocenters. The van der Waals surface area contributed by atoms with E-state index in [4.69, 9.17) is 21.3 Å². The normalized spacial score (nSPS) is 15.9. The Hall–Kier alpha value is -2.02. The first kappa shape index (κ1) is 21.2. The second-order valence-corrected chi connectivity index (χ2v) is 8.95. The molecule has 0 fully saturated rings. The fourth-order valence-electron chi connectivity index (χ4n) is 4.12. The van der Waals surface area contributed by atoms with Gasteiger partial charge in [-0.3, -0.25) is 4.79 Å².